The van der Waals surface area contributed by atoms with Crippen LogP contribution in [-0.2, 0) is 17.6 Å². The molecule has 0 fully saturated rings. The Bertz CT molecular complexity index is 1230. The molecule has 158 valence electrons. The van der Waals surface area contributed by atoms with Crippen LogP contribution in [0.2, 0.25) is 0 Å². The molecule has 0 aliphatic heterocycles. The molecule has 2 amide bonds. The smallest absolute Gasteiger partial charge is 0.273 e. The predicted octanol–water partition coefficient (Wildman–Crippen LogP) is 1.72. The molecule has 0 aliphatic carbocycles. The first kappa shape index (κ1) is 20.1. The van der Waals surface area contributed by atoms with E-state index in [-0.39, 0.29) is 12.3 Å². The molecule has 3 N–H and O–H groups in total. The van der Waals surface area contributed by atoms with E-state index in [0.717, 1.165) is 16.5 Å². The van der Waals surface area contributed by atoms with Crippen molar-refractivity contribution in [1.82, 2.24) is 35.8 Å². The highest BCUT2D eigenvalue weighted by molar-refractivity contribution is 5.97. The van der Waals surface area contributed by atoms with Crippen molar-refractivity contribution in [2.45, 2.75) is 19.8 Å². The fraction of sp³-hybridized carbons (Fsp3) is 0.190. The number of ether oxygens (including phenoxy) is 1. The summed E-state index contributed by atoms with van der Waals surface area (Å²) in [6, 6.07) is 11.1. The van der Waals surface area contributed by atoms with E-state index in [9.17, 15) is 9.59 Å². The maximum atomic E-state index is 12.6. The van der Waals surface area contributed by atoms with Crippen LogP contribution in [0.3, 0.4) is 0 Å². The van der Waals surface area contributed by atoms with Crippen LogP contribution in [0.4, 0.5) is 0 Å². The number of fused-ring (bicyclic) bond motifs is 1. The van der Waals surface area contributed by atoms with Gasteiger partial charge in [-0.3, -0.25) is 20.4 Å². The average Bonchev–Trinajstić information content (AvgIpc) is 3.42. The molecule has 0 unspecified atom stereocenters. The van der Waals surface area contributed by atoms with Crippen LogP contribution in [0.5, 0.6) is 5.88 Å². The molecule has 0 radical (unpaired) electrons. The molecule has 10 nitrogen and oxygen atoms in total. The Balaban J connectivity index is 1.43. The number of carbonyl (C=O) groups is 2. The first-order valence-corrected chi connectivity index (χ1v) is 9.70. The Labute approximate surface area is 177 Å². The van der Waals surface area contributed by atoms with E-state index in [1.165, 1.54) is 18.0 Å². The number of hydrogen-bond acceptors (Lipinski definition) is 6. The molecule has 4 rings (SSSR count). The lowest BCUT2D eigenvalue weighted by atomic mass is 10.1. The monoisotopic (exact) mass is 419 g/mol. The van der Waals surface area contributed by atoms with Gasteiger partial charge in [-0.2, -0.15) is 5.10 Å². The minimum absolute atomic E-state index is 0.131. The van der Waals surface area contributed by atoms with Gasteiger partial charge in [0.1, 0.15) is 0 Å². The first-order chi connectivity index (χ1) is 15.1. The summed E-state index contributed by atoms with van der Waals surface area (Å²) < 4.78 is 6.55. The summed E-state index contributed by atoms with van der Waals surface area (Å²) >= 11 is 0. The topological polar surface area (TPSA) is 127 Å². The highest BCUT2D eigenvalue weighted by Crippen LogP contribution is 2.18. The van der Waals surface area contributed by atoms with Crippen molar-refractivity contribution >= 4 is 22.7 Å². The number of hydrogen-bond donors (Lipinski definition) is 3. The molecular weight excluding hydrogens is 398 g/mol. The van der Waals surface area contributed by atoms with Gasteiger partial charge in [-0.05, 0) is 24.1 Å². The fourth-order valence-corrected chi connectivity index (χ4v) is 3.32. The van der Waals surface area contributed by atoms with Crippen molar-refractivity contribution in [3.05, 3.63) is 65.6 Å². The van der Waals surface area contributed by atoms with Crippen molar-refractivity contribution < 1.29 is 14.3 Å². The third-order valence-corrected chi connectivity index (χ3v) is 4.84. The summed E-state index contributed by atoms with van der Waals surface area (Å²) in [5.41, 5.74) is 7.71. The second kappa shape index (κ2) is 8.66. The predicted molar refractivity (Wildman–Crippen MR) is 113 cm³/mol. The SMILES string of the molecule is CCc1c(C(=O)NNC(=O)Cc2c[nH]c3ccccc23)cnn1-c1ccc(OC)nn1. The van der Waals surface area contributed by atoms with Gasteiger partial charge in [0, 0.05) is 23.2 Å². The molecule has 0 spiro atoms. The molecule has 0 bridgehead atoms. The average molecular weight is 419 g/mol. The Morgan fingerprint density at radius 3 is 2.71 bits per heavy atom. The van der Waals surface area contributed by atoms with Crippen LogP contribution in [0.25, 0.3) is 16.7 Å². The van der Waals surface area contributed by atoms with E-state index in [2.05, 4.69) is 31.1 Å². The number of aromatic nitrogens is 5. The lowest BCUT2D eigenvalue weighted by molar-refractivity contribution is -0.121. The van der Waals surface area contributed by atoms with Crippen molar-refractivity contribution in [3.8, 4) is 11.7 Å². The number of methoxy groups -OCH3 is 1. The van der Waals surface area contributed by atoms with Gasteiger partial charge in [-0.25, -0.2) is 4.68 Å². The number of amides is 2. The maximum absolute atomic E-state index is 12.6. The van der Waals surface area contributed by atoms with Crippen LogP contribution in [0.1, 0.15) is 28.5 Å². The van der Waals surface area contributed by atoms with Gasteiger partial charge in [0.25, 0.3) is 5.91 Å². The highest BCUT2D eigenvalue weighted by atomic mass is 16.5. The van der Waals surface area contributed by atoms with Gasteiger partial charge in [0.15, 0.2) is 5.82 Å². The van der Waals surface area contributed by atoms with Gasteiger partial charge in [-0.1, -0.05) is 25.1 Å². The molecule has 0 aliphatic rings. The third-order valence-electron chi connectivity index (χ3n) is 4.84. The minimum Gasteiger partial charge on any atom is -0.480 e. The lowest BCUT2D eigenvalue weighted by Crippen LogP contribution is -2.42. The van der Waals surface area contributed by atoms with Crippen LogP contribution >= 0.6 is 0 Å². The second-order valence-electron chi connectivity index (χ2n) is 6.74. The zero-order chi connectivity index (χ0) is 21.8. The second-order valence-corrected chi connectivity index (χ2v) is 6.74. The van der Waals surface area contributed by atoms with Gasteiger partial charge < -0.3 is 9.72 Å². The molecule has 10 heteroatoms. The van der Waals surface area contributed by atoms with E-state index in [1.54, 1.807) is 18.3 Å². The molecule has 4 aromatic rings. The Morgan fingerprint density at radius 1 is 1.13 bits per heavy atom. The number of carbonyl (C=O) groups excluding carboxylic acids is 2. The normalized spacial score (nSPS) is 10.8. The van der Waals surface area contributed by atoms with Crippen molar-refractivity contribution in [3.63, 3.8) is 0 Å². The summed E-state index contributed by atoms with van der Waals surface area (Å²) in [6.45, 7) is 1.90. The first-order valence-electron chi connectivity index (χ1n) is 9.70. The molecular formula is C21H21N7O3. The molecule has 0 saturated heterocycles. The van der Waals surface area contributed by atoms with Gasteiger partial charge in [-0.15, -0.1) is 10.2 Å². The largest absolute Gasteiger partial charge is 0.480 e. The number of rotatable bonds is 6. The number of nitrogens with zero attached hydrogens (tertiary/aromatic N) is 4. The molecule has 0 saturated carbocycles. The third kappa shape index (κ3) is 4.08. The summed E-state index contributed by atoms with van der Waals surface area (Å²) in [6.07, 6.45) is 3.89. The van der Waals surface area contributed by atoms with Gasteiger partial charge in [0.2, 0.25) is 11.8 Å². The van der Waals surface area contributed by atoms with Crippen LogP contribution < -0.4 is 15.6 Å². The van der Waals surface area contributed by atoms with Gasteiger partial charge in [0.05, 0.1) is 31.0 Å². The van der Waals surface area contributed by atoms with E-state index in [1.807, 2.05) is 31.2 Å². The van der Waals surface area contributed by atoms with E-state index >= 15 is 0 Å². The maximum Gasteiger partial charge on any atom is 0.273 e. The Morgan fingerprint density at radius 2 is 1.97 bits per heavy atom. The number of hydrazine groups is 1. The molecule has 1 aromatic carbocycles. The fourth-order valence-electron chi connectivity index (χ4n) is 3.32. The lowest BCUT2D eigenvalue weighted by Gasteiger charge is -2.09. The summed E-state index contributed by atoms with van der Waals surface area (Å²) in [4.78, 5) is 28.1. The standard InChI is InChI=1S/C21H21N7O3/c1-3-17-15(12-23-28(17)18-8-9-20(31-2)26-24-18)21(30)27-25-19(29)10-13-11-22-16-7-5-4-6-14(13)16/h4-9,11-12,22H,3,10H2,1-2H3,(H,25,29)(H,27,30). The van der Waals surface area contributed by atoms with E-state index in [4.69, 9.17) is 4.74 Å². The molecule has 0 atom stereocenters. The van der Waals surface area contributed by atoms with E-state index < -0.39 is 5.91 Å². The molecule has 3 heterocycles. The zero-order valence-corrected chi connectivity index (χ0v) is 17.0. The summed E-state index contributed by atoms with van der Waals surface area (Å²) in [5.74, 6) is 0.0475. The van der Waals surface area contributed by atoms with Crippen LogP contribution in [0, 0.1) is 0 Å². The Hall–Kier alpha value is -4.21. The van der Waals surface area contributed by atoms with Gasteiger partial charge >= 0.3 is 0 Å². The summed E-state index contributed by atoms with van der Waals surface area (Å²) in [7, 11) is 1.50. The molecule has 3 aromatic heterocycles. The van der Waals surface area contributed by atoms with Crippen molar-refractivity contribution in [1.29, 1.82) is 0 Å². The number of benzene rings is 1. The van der Waals surface area contributed by atoms with Crippen LogP contribution in [-0.4, -0.2) is 43.9 Å². The number of aromatic amines is 1. The van der Waals surface area contributed by atoms with Crippen molar-refractivity contribution in [2.75, 3.05) is 7.11 Å². The minimum atomic E-state index is -0.461. The van der Waals surface area contributed by atoms with Crippen LogP contribution in [0.15, 0.2) is 48.8 Å². The van der Waals surface area contributed by atoms with E-state index in [0.29, 0.717) is 29.4 Å². The number of para-hydroxylation sites is 1. The Kier molecular flexibility index (Phi) is 5.61. The highest BCUT2D eigenvalue weighted by Gasteiger charge is 2.19. The zero-order valence-electron chi connectivity index (χ0n) is 17.0. The molecule has 31 heavy (non-hydrogen) atoms. The van der Waals surface area contributed by atoms with Crippen molar-refractivity contribution in [2.24, 2.45) is 0 Å². The number of nitrogens with one attached hydrogen (secondary N) is 3. The quantitative estimate of drug-likeness (QED) is 0.409. The summed E-state index contributed by atoms with van der Waals surface area (Å²) in [5, 5.41) is 13.2. The number of H-pyrrole nitrogens is 1.